The lowest BCUT2D eigenvalue weighted by molar-refractivity contribution is -0.135. The molecule has 1 amide bonds. The molecule has 1 aliphatic heterocycles. The lowest BCUT2D eigenvalue weighted by Gasteiger charge is -2.35. The highest BCUT2D eigenvalue weighted by Crippen LogP contribution is 2.39. The van der Waals surface area contributed by atoms with E-state index in [2.05, 4.69) is 27.7 Å². The van der Waals surface area contributed by atoms with E-state index in [0.29, 0.717) is 17.4 Å². The van der Waals surface area contributed by atoms with Crippen LogP contribution in [0.3, 0.4) is 0 Å². The van der Waals surface area contributed by atoms with Crippen LogP contribution >= 0.6 is 0 Å². The normalized spacial score (nSPS) is 19.9. The number of benzene rings is 1. The van der Waals surface area contributed by atoms with Gasteiger partial charge in [-0.15, -0.1) is 0 Å². The maximum Gasteiger partial charge on any atom is 0.339 e. The number of amides is 1. The molecule has 1 aliphatic carbocycles. The van der Waals surface area contributed by atoms with Crippen molar-refractivity contribution in [2.75, 3.05) is 19.7 Å². The molecule has 0 spiro atoms. The van der Waals surface area contributed by atoms with Crippen LogP contribution in [0.4, 0.5) is 0 Å². The number of nitrogens with zero attached hydrogens (tertiary/aromatic N) is 2. The van der Waals surface area contributed by atoms with Crippen molar-refractivity contribution in [3.63, 3.8) is 0 Å². The molecule has 0 radical (unpaired) electrons. The molecular formula is C26H34N2O3. The molecule has 0 bridgehead atoms. The Morgan fingerprint density at radius 1 is 1.13 bits per heavy atom. The molecule has 1 saturated heterocycles. The van der Waals surface area contributed by atoms with E-state index < -0.39 is 5.97 Å². The highest BCUT2D eigenvalue weighted by Gasteiger charge is 2.33. The zero-order valence-corrected chi connectivity index (χ0v) is 19.2. The molecule has 1 aromatic heterocycles. The van der Waals surface area contributed by atoms with Gasteiger partial charge in [0.15, 0.2) is 6.61 Å². The van der Waals surface area contributed by atoms with Gasteiger partial charge in [0.2, 0.25) is 0 Å². The van der Waals surface area contributed by atoms with Crippen LogP contribution < -0.4 is 0 Å². The number of carbonyl (C=O) groups is 2. The van der Waals surface area contributed by atoms with Gasteiger partial charge in [-0.3, -0.25) is 9.78 Å². The van der Waals surface area contributed by atoms with Crippen molar-refractivity contribution in [3.05, 3.63) is 41.1 Å². The summed E-state index contributed by atoms with van der Waals surface area (Å²) in [5.41, 5.74) is 3.59. The van der Waals surface area contributed by atoms with Crippen LogP contribution in [0, 0.1) is 17.3 Å². The predicted octanol–water partition coefficient (Wildman–Crippen LogP) is 4.80. The number of ether oxygens (including phenoxy) is 1. The average Bonchev–Trinajstić information content (AvgIpc) is 2.75. The summed E-state index contributed by atoms with van der Waals surface area (Å²) in [6.07, 6.45) is 4.78. The van der Waals surface area contributed by atoms with E-state index in [1.54, 1.807) is 0 Å². The number of aromatic nitrogens is 1. The van der Waals surface area contributed by atoms with E-state index in [9.17, 15) is 9.59 Å². The van der Waals surface area contributed by atoms with E-state index in [1.807, 2.05) is 29.2 Å². The van der Waals surface area contributed by atoms with E-state index >= 15 is 0 Å². The summed E-state index contributed by atoms with van der Waals surface area (Å²) in [7, 11) is 0. The van der Waals surface area contributed by atoms with Crippen LogP contribution in [0.15, 0.2) is 24.3 Å². The highest BCUT2D eigenvalue weighted by molar-refractivity contribution is 6.05. The molecule has 2 aromatic rings. The third-order valence-electron chi connectivity index (χ3n) is 7.15. The number of fused-ring (bicyclic) bond motifs is 2. The minimum absolute atomic E-state index is 0.0972. The van der Waals surface area contributed by atoms with Gasteiger partial charge in [-0.1, -0.05) is 45.9 Å². The lowest BCUT2D eigenvalue weighted by atomic mass is 9.70. The van der Waals surface area contributed by atoms with E-state index in [4.69, 9.17) is 9.72 Å². The number of rotatable bonds is 3. The Morgan fingerprint density at radius 2 is 1.84 bits per heavy atom. The SMILES string of the molecule is CC1CCN(C(=O)COC(=O)c2c3c(nc4ccccc24)CC[C@@H](C(C)(C)C)C3)CC1. The number of piperidine rings is 1. The molecule has 1 aromatic carbocycles. The second-order valence-electron chi connectivity index (χ2n) is 10.4. The van der Waals surface area contributed by atoms with Crippen molar-refractivity contribution in [1.29, 1.82) is 0 Å². The molecule has 5 heteroatoms. The van der Waals surface area contributed by atoms with Gasteiger partial charge in [0, 0.05) is 24.2 Å². The van der Waals surface area contributed by atoms with Crippen molar-refractivity contribution in [1.82, 2.24) is 9.88 Å². The minimum Gasteiger partial charge on any atom is -0.452 e. The van der Waals surface area contributed by atoms with Crippen molar-refractivity contribution in [3.8, 4) is 0 Å². The molecule has 0 unspecified atom stereocenters. The molecule has 4 rings (SSSR count). The summed E-state index contributed by atoms with van der Waals surface area (Å²) < 4.78 is 5.61. The fraction of sp³-hybridized carbons (Fsp3) is 0.577. The molecule has 0 saturated carbocycles. The van der Waals surface area contributed by atoms with Crippen LogP contribution in [0.1, 0.15) is 68.6 Å². The van der Waals surface area contributed by atoms with Crippen LogP contribution in [0.2, 0.25) is 0 Å². The molecular weight excluding hydrogens is 388 g/mol. The van der Waals surface area contributed by atoms with Gasteiger partial charge in [-0.05, 0) is 61.0 Å². The fourth-order valence-electron chi connectivity index (χ4n) is 4.91. The molecule has 5 nitrogen and oxygen atoms in total. The Morgan fingerprint density at radius 3 is 2.55 bits per heavy atom. The Bertz CT molecular complexity index is 984. The van der Waals surface area contributed by atoms with Gasteiger partial charge >= 0.3 is 5.97 Å². The van der Waals surface area contributed by atoms with E-state index in [0.717, 1.165) is 67.4 Å². The molecule has 1 fully saturated rings. The van der Waals surface area contributed by atoms with Gasteiger partial charge < -0.3 is 9.64 Å². The number of pyridine rings is 1. The number of hydrogen-bond acceptors (Lipinski definition) is 4. The standard InChI is InChI=1S/C26H34N2O3/c1-17-11-13-28(14-12-17)23(29)16-31-25(30)24-19-7-5-6-8-21(19)27-22-10-9-18(15-20(22)24)26(2,3)4/h5-8,17-18H,9-16H2,1-4H3/t18-/m1/s1. The number of esters is 1. The first-order chi connectivity index (χ1) is 14.7. The monoisotopic (exact) mass is 422 g/mol. The van der Waals surface area contributed by atoms with Gasteiger partial charge in [-0.25, -0.2) is 4.79 Å². The second-order valence-corrected chi connectivity index (χ2v) is 10.4. The highest BCUT2D eigenvalue weighted by atomic mass is 16.5. The summed E-state index contributed by atoms with van der Waals surface area (Å²) in [4.78, 5) is 32.6. The number of carbonyl (C=O) groups excluding carboxylic acids is 2. The Hall–Kier alpha value is -2.43. The Balaban J connectivity index is 1.60. The van der Waals surface area contributed by atoms with Crippen LogP contribution in [-0.2, 0) is 22.4 Å². The fourth-order valence-corrected chi connectivity index (χ4v) is 4.91. The molecule has 31 heavy (non-hydrogen) atoms. The van der Waals surface area contributed by atoms with Gasteiger partial charge in [0.25, 0.3) is 5.91 Å². The molecule has 2 heterocycles. The lowest BCUT2D eigenvalue weighted by Crippen LogP contribution is -2.40. The van der Waals surface area contributed by atoms with E-state index in [-0.39, 0.29) is 17.9 Å². The average molecular weight is 423 g/mol. The summed E-state index contributed by atoms with van der Waals surface area (Å²) in [6, 6.07) is 7.76. The minimum atomic E-state index is -0.400. The number of likely N-dealkylation sites (tertiary alicyclic amines) is 1. The van der Waals surface area contributed by atoms with Gasteiger partial charge in [0.1, 0.15) is 0 Å². The third kappa shape index (κ3) is 4.60. The van der Waals surface area contributed by atoms with Crippen LogP contribution in [0.25, 0.3) is 10.9 Å². The zero-order chi connectivity index (χ0) is 22.2. The predicted molar refractivity (Wildman–Crippen MR) is 122 cm³/mol. The molecule has 0 N–H and O–H groups in total. The first-order valence-electron chi connectivity index (χ1n) is 11.6. The summed E-state index contributed by atoms with van der Waals surface area (Å²) >= 11 is 0. The van der Waals surface area contributed by atoms with Crippen LogP contribution in [0.5, 0.6) is 0 Å². The van der Waals surface area contributed by atoms with Gasteiger partial charge in [-0.2, -0.15) is 0 Å². The van der Waals surface area contributed by atoms with E-state index in [1.165, 1.54) is 0 Å². The largest absolute Gasteiger partial charge is 0.452 e. The maximum absolute atomic E-state index is 13.3. The molecule has 2 aliphatic rings. The van der Waals surface area contributed by atoms with Crippen molar-refractivity contribution < 1.29 is 14.3 Å². The number of hydrogen-bond donors (Lipinski definition) is 0. The first kappa shape index (κ1) is 21.8. The summed E-state index contributed by atoms with van der Waals surface area (Å²) in [6.45, 7) is 10.3. The Labute approximate surface area is 185 Å². The van der Waals surface area contributed by atoms with Crippen molar-refractivity contribution in [2.45, 2.75) is 59.8 Å². The second kappa shape index (κ2) is 8.60. The summed E-state index contributed by atoms with van der Waals surface area (Å²) in [5, 5.41) is 0.819. The zero-order valence-electron chi connectivity index (χ0n) is 19.2. The topological polar surface area (TPSA) is 59.5 Å². The smallest absolute Gasteiger partial charge is 0.339 e. The van der Waals surface area contributed by atoms with Crippen molar-refractivity contribution >= 4 is 22.8 Å². The number of para-hydroxylation sites is 1. The molecule has 166 valence electrons. The quantitative estimate of drug-likeness (QED) is 0.667. The third-order valence-corrected chi connectivity index (χ3v) is 7.15. The maximum atomic E-state index is 13.3. The Kier molecular flexibility index (Phi) is 6.05. The van der Waals surface area contributed by atoms with Gasteiger partial charge in [0.05, 0.1) is 11.1 Å². The number of aryl methyl sites for hydroxylation is 1. The molecule has 1 atom stereocenters. The summed E-state index contributed by atoms with van der Waals surface area (Å²) in [5.74, 6) is 0.631. The van der Waals surface area contributed by atoms with Crippen LogP contribution in [-0.4, -0.2) is 41.5 Å². The van der Waals surface area contributed by atoms with Crippen molar-refractivity contribution in [2.24, 2.45) is 17.3 Å². The first-order valence-corrected chi connectivity index (χ1v) is 11.6.